The number of hydrogen-bond acceptors (Lipinski definition) is 5. The molecule has 5 nitrogen and oxygen atoms in total. The number of aromatic nitrogens is 2. The lowest BCUT2D eigenvalue weighted by Gasteiger charge is -2.27. The van der Waals surface area contributed by atoms with Gasteiger partial charge in [-0.15, -0.1) is 0 Å². The van der Waals surface area contributed by atoms with Gasteiger partial charge in [0.1, 0.15) is 16.8 Å². The quantitative estimate of drug-likeness (QED) is 0.832. The van der Waals surface area contributed by atoms with Crippen LogP contribution in [0.3, 0.4) is 0 Å². The molecule has 1 saturated heterocycles. The van der Waals surface area contributed by atoms with E-state index in [-0.39, 0.29) is 0 Å². The van der Waals surface area contributed by atoms with E-state index < -0.39 is 0 Å². The smallest absolute Gasteiger partial charge is 0.145 e. The van der Waals surface area contributed by atoms with Gasteiger partial charge in [0.05, 0.1) is 13.2 Å². The minimum absolute atomic E-state index is 0.512. The number of rotatable bonds is 3. The molecule has 2 fully saturated rings. The van der Waals surface area contributed by atoms with Gasteiger partial charge in [0.15, 0.2) is 0 Å². The largest absolute Gasteiger partial charge is 0.379 e. The van der Waals surface area contributed by atoms with E-state index in [0.29, 0.717) is 11.1 Å². The van der Waals surface area contributed by atoms with Crippen molar-refractivity contribution in [3.8, 4) is 0 Å². The first kappa shape index (κ1) is 11.2. The molecule has 0 spiro atoms. The average Bonchev–Trinajstić information content (AvgIpc) is 3.13. The highest BCUT2D eigenvalue weighted by atomic mass is 35.5. The molecule has 6 heteroatoms. The molecule has 1 aromatic rings. The van der Waals surface area contributed by atoms with E-state index in [2.05, 4.69) is 20.4 Å². The molecule has 2 heterocycles. The van der Waals surface area contributed by atoms with E-state index in [9.17, 15) is 0 Å². The Morgan fingerprint density at radius 1 is 1.29 bits per heavy atom. The number of morpholine rings is 1. The lowest BCUT2D eigenvalue weighted by molar-refractivity contribution is 0.0495. The lowest BCUT2D eigenvalue weighted by atomic mass is 10.4. The van der Waals surface area contributed by atoms with Crippen molar-refractivity contribution in [3.05, 3.63) is 17.0 Å². The first-order chi connectivity index (χ1) is 8.31. The van der Waals surface area contributed by atoms with Crippen molar-refractivity contribution in [2.24, 2.45) is 0 Å². The van der Waals surface area contributed by atoms with Gasteiger partial charge in [-0.1, -0.05) is 11.6 Å². The molecule has 92 valence electrons. The minimum Gasteiger partial charge on any atom is -0.379 e. The van der Waals surface area contributed by atoms with Crippen LogP contribution in [-0.2, 0) is 4.74 Å². The van der Waals surface area contributed by atoms with Crippen molar-refractivity contribution in [1.29, 1.82) is 0 Å². The Balaban J connectivity index is 1.72. The maximum atomic E-state index is 6.01. The predicted molar refractivity (Wildman–Crippen MR) is 65.0 cm³/mol. The zero-order valence-electron chi connectivity index (χ0n) is 9.53. The summed E-state index contributed by atoms with van der Waals surface area (Å²) in [6, 6.07) is 1.77. The van der Waals surface area contributed by atoms with Gasteiger partial charge < -0.3 is 10.2 Å². The van der Waals surface area contributed by atoms with Gasteiger partial charge in [-0.25, -0.2) is 15.0 Å². The van der Waals surface area contributed by atoms with Gasteiger partial charge in [0.25, 0.3) is 0 Å². The summed E-state index contributed by atoms with van der Waals surface area (Å²) >= 11 is 6.01. The van der Waals surface area contributed by atoms with Crippen LogP contribution in [0.15, 0.2) is 6.07 Å². The molecule has 1 aliphatic heterocycles. The molecule has 0 unspecified atom stereocenters. The average molecular weight is 255 g/mol. The molecule has 1 aliphatic carbocycles. The Hall–Kier alpha value is -0.910. The summed E-state index contributed by atoms with van der Waals surface area (Å²) in [4.78, 5) is 8.76. The zero-order chi connectivity index (χ0) is 11.7. The van der Waals surface area contributed by atoms with Crippen molar-refractivity contribution in [2.75, 3.05) is 31.7 Å². The second-order valence-corrected chi connectivity index (χ2v) is 4.81. The molecule has 2 aliphatic rings. The zero-order valence-corrected chi connectivity index (χ0v) is 10.3. The van der Waals surface area contributed by atoms with E-state index >= 15 is 0 Å². The van der Waals surface area contributed by atoms with Crippen molar-refractivity contribution in [1.82, 2.24) is 15.0 Å². The summed E-state index contributed by atoms with van der Waals surface area (Å²) < 4.78 is 5.29. The number of nitrogens with zero attached hydrogens (tertiary/aromatic N) is 3. The van der Waals surface area contributed by atoms with Crippen LogP contribution in [0.1, 0.15) is 24.6 Å². The SMILES string of the molecule is Clc1cc(NN2CCOCC2)nc(C2CC2)n1. The van der Waals surface area contributed by atoms with Crippen LogP contribution in [0, 0.1) is 0 Å². The van der Waals surface area contributed by atoms with Crippen LogP contribution >= 0.6 is 11.6 Å². The van der Waals surface area contributed by atoms with Gasteiger partial charge in [-0.05, 0) is 12.8 Å². The summed E-state index contributed by atoms with van der Waals surface area (Å²) in [5.74, 6) is 2.17. The number of anilines is 1. The van der Waals surface area contributed by atoms with Crippen molar-refractivity contribution in [2.45, 2.75) is 18.8 Å². The van der Waals surface area contributed by atoms with Gasteiger partial charge >= 0.3 is 0 Å². The predicted octanol–water partition coefficient (Wildman–Crippen LogP) is 1.67. The Bertz CT molecular complexity index is 404. The van der Waals surface area contributed by atoms with Crippen LogP contribution < -0.4 is 5.43 Å². The highest BCUT2D eigenvalue weighted by Crippen LogP contribution is 2.38. The monoisotopic (exact) mass is 254 g/mol. The second kappa shape index (κ2) is 4.76. The standard InChI is InChI=1S/C11H15ClN4O/c12-9-7-10(14-11(13-9)8-1-2-8)15-16-3-5-17-6-4-16/h7-8H,1-6H2,(H,13,14,15). The van der Waals surface area contributed by atoms with E-state index in [1.165, 1.54) is 12.8 Å². The third-order valence-corrected chi connectivity index (χ3v) is 3.13. The number of nitrogens with one attached hydrogen (secondary N) is 1. The molecule has 1 aromatic heterocycles. The molecule has 17 heavy (non-hydrogen) atoms. The molecule has 3 rings (SSSR count). The highest BCUT2D eigenvalue weighted by molar-refractivity contribution is 6.29. The van der Waals surface area contributed by atoms with Crippen LogP contribution in [0.4, 0.5) is 5.82 Å². The Labute approximate surface area is 105 Å². The molecule has 0 radical (unpaired) electrons. The number of hydrogen-bond donors (Lipinski definition) is 1. The third-order valence-electron chi connectivity index (χ3n) is 2.94. The van der Waals surface area contributed by atoms with Crippen molar-refractivity contribution in [3.63, 3.8) is 0 Å². The Kier molecular flexibility index (Phi) is 3.13. The molecule has 0 bridgehead atoms. The molecular formula is C11H15ClN4O. The first-order valence-corrected chi connectivity index (χ1v) is 6.33. The third kappa shape index (κ3) is 2.86. The molecule has 0 aromatic carbocycles. The highest BCUT2D eigenvalue weighted by Gasteiger charge is 2.27. The molecule has 1 saturated carbocycles. The first-order valence-electron chi connectivity index (χ1n) is 5.95. The maximum absolute atomic E-state index is 6.01. The summed E-state index contributed by atoms with van der Waals surface area (Å²) in [5, 5.41) is 2.61. The summed E-state index contributed by atoms with van der Waals surface area (Å²) in [6.45, 7) is 3.23. The summed E-state index contributed by atoms with van der Waals surface area (Å²) in [5.41, 5.74) is 3.26. The minimum atomic E-state index is 0.512. The topological polar surface area (TPSA) is 50.3 Å². The van der Waals surface area contributed by atoms with Gasteiger partial charge in [0.2, 0.25) is 0 Å². The fraction of sp³-hybridized carbons (Fsp3) is 0.636. The van der Waals surface area contributed by atoms with Gasteiger partial charge in [-0.2, -0.15) is 0 Å². The second-order valence-electron chi connectivity index (χ2n) is 4.42. The normalized spacial score (nSPS) is 21.5. The van der Waals surface area contributed by atoms with Crippen LogP contribution in [-0.4, -0.2) is 41.3 Å². The lowest BCUT2D eigenvalue weighted by Crippen LogP contribution is -2.40. The summed E-state index contributed by atoms with van der Waals surface area (Å²) in [6.07, 6.45) is 2.36. The fourth-order valence-electron chi connectivity index (χ4n) is 1.85. The summed E-state index contributed by atoms with van der Waals surface area (Å²) in [7, 11) is 0. The molecular weight excluding hydrogens is 240 g/mol. The molecule has 0 atom stereocenters. The van der Waals surface area contributed by atoms with E-state index in [0.717, 1.165) is 37.9 Å². The Morgan fingerprint density at radius 2 is 2.06 bits per heavy atom. The fourth-order valence-corrected chi connectivity index (χ4v) is 2.04. The van der Waals surface area contributed by atoms with Gasteiger partial charge in [0, 0.05) is 25.1 Å². The number of halogens is 1. The van der Waals surface area contributed by atoms with Gasteiger partial charge in [-0.3, -0.25) is 0 Å². The number of hydrazine groups is 1. The van der Waals surface area contributed by atoms with E-state index in [1.807, 2.05) is 0 Å². The van der Waals surface area contributed by atoms with Crippen LogP contribution in [0.25, 0.3) is 0 Å². The Morgan fingerprint density at radius 3 is 2.76 bits per heavy atom. The van der Waals surface area contributed by atoms with Crippen LogP contribution in [0.2, 0.25) is 5.15 Å². The van der Waals surface area contributed by atoms with Crippen LogP contribution in [0.5, 0.6) is 0 Å². The van der Waals surface area contributed by atoms with Crippen molar-refractivity contribution < 1.29 is 4.74 Å². The van der Waals surface area contributed by atoms with Crippen molar-refractivity contribution >= 4 is 17.4 Å². The molecule has 1 N–H and O–H groups in total. The number of ether oxygens (including phenoxy) is 1. The van der Waals surface area contributed by atoms with E-state index in [1.54, 1.807) is 6.07 Å². The maximum Gasteiger partial charge on any atom is 0.145 e. The molecule has 0 amide bonds. The van der Waals surface area contributed by atoms with E-state index in [4.69, 9.17) is 16.3 Å².